The van der Waals surface area contributed by atoms with E-state index < -0.39 is 95.3 Å². The van der Waals surface area contributed by atoms with E-state index in [2.05, 4.69) is 45.4 Å². The molecule has 1 spiro atoms. The van der Waals surface area contributed by atoms with Gasteiger partial charge in [-0.1, -0.05) is 109 Å². The first-order valence-electron chi connectivity index (χ1n) is 45.6. The van der Waals surface area contributed by atoms with Crippen LogP contribution in [0, 0.1) is 58.2 Å². The fourth-order valence-electron chi connectivity index (χ4n) is 19.4. The number of rotatable bonds is 23. The number of nitrogens with one attached hydrogen (secondary N) is 3. The number of carbonyl (C=O) groups is 8. The second kappa shape index (κ2) is 38.8. The second-order valence-electron chi connectivity index (χ2n) is 39.3. The number of benzene rings is 3. The molecule has 7 N–H and O–H groups in total. The number of fused-ring (bicyclic) bond motifs is 6. The molecular formula is C98H122F3N11O18S. The maximum Gasteiger partial charge on any atom is 0.407 e. The number of aromatic nitrogens is 4. The largest absolute Gasteiger partial charge is 0.477 e. The van der Waals surface area contributed by atoms with Gasteiger partial charge >= 0.3 is 35.8 Å². The third kappa shape index (κ3) is 20.9. The molecule has 12 atom stereocenters. The molecule has 704 valence electrons. The highest BCUT2D eigenvalue weighted by atomic mass is 32.1. The number of carboxylic acids is 1. The lowest BCUT2D eigenvalue weighted by atomic mass is 9.81. The Kier molecular flexibility index (Phi) is 28.5. The van der Waals surface area contributed by atoms with Crippen LogP contribution < -0.4 is 27.0 Å². The van der Waals surface area contributed by atoms with Crippen LogP contribution in [0.1, 0.15) is 229 Å². The number of aliphatic imine (C=N–C) groups is 1. The molecule has 4 saturated heterocycles. The number of carbonyl (C=O) groups excluding carboxylic acids is 7. The van der Waals surface area contributed by atoms with Gasteiger partial charge in [0.1, 0.15) is 41.3 Å². The number of alkyl carbamates (subject to hydrolysis) is 2. The Hall–Kier alpha value is -10.8. The van der Waals surface area contributed by atoms with E-state index in [1.165, 1.54) is 38.1 Å². The van der Waals surface area contributed by atoms with E-state index in [0.29, 0.717) is 103 Å². The molecule has 5 amide bonds. The van der Waals surface area contributed by atoms with Gasteiger partial charge in [0.2, 0.25) is 17.7 Å². The van der Waals surface area contributed by atoms with Crippen LogP contribution >= 0.6 is 11.3 Å². The monoisotopic (exact) mass is 1830 g/mol. The summed E-state index contributed by atoms with van der Waals surface area (Å²) in [7, 11) is 2.56. The molecule has 8 heterocycles. The van der Waals surface area contributed by atoms with Gasteiger partial charge < -0.3 is 79.4 Å². The van der Waals surface area contributed by atoms with Crippen molar-refractivity contribution >= 4 is 82.1 Å². The number of thiophene rings is 1. The number of nitrogens with zero attached hydrogens (tertiary/aromatic N) is 7. The summed E-state index contributed by atoms with van der Waals surface area (Å²) >= 11 is 1.13. The number of H-pyrrole nitrogens is 1. The van der Waals surface area contributed by atoms with Crippen molar-refractivity contribution in [2.75, 3.05) is 57.8 Å². The number of nitrogens with two attached hydrogens (primary N) is 1. The van der Waals surface area contributed by atoms with E-state index in [1.54, 1.807) is 68.0 Å². The van der Waals surface area contributed by atoms with Crippen LogP contribution in [0.5, 0.6) is 0 Å². The summed E-state index contributed by atoms with van der Waals surface area (Å²) in [5.41, 5.74) is 9.05. The first-order valence-corrected chi connectivity index (χ1v) is 46.4. The maximum atomic E-state index is 16.7. The predicted octanol–water partition coefficient (Wildman–Crippen LogP) is 15.3. The molecule has 0 radical (unpaired) electrons. The molecule has 7 fully saturated rings. The normalized spacial score (nSPS) is 25.6. The number of piperidine rings is 1. The van der Waals surface area contributed by atoms with Crippen molar-refractivity contribution in [3.8, 4) is 45.4 Å². The number of likely N-dealkylation sites (tertiary alicyclic amines) is 2. The first-order chi connectivity index (χ1) is 62.0. The third-order valence-corrected chi connectivity index (χ3v) is 28.1. The van der Waals surface area contributed by atoms with E-state index in [9.17, 15) is 53.4 Å². The Bertz CT molecular complexity index is 5530. The average molecular weight is 1830 g/mol. The lowest BCUT2D eigenvalue weighted by Crippen LogP contribution is -2.57. The van der Waals surface area contributed by atoms with Crippen LogP contribution in [0.2, 0.25) is 0 Å². The van der Waals surface area contributed by atoms with Crippen LogP contribution in [0.3, 0.4) is 0 Å². The summed E-state index contributed by atoms with van der Waals surface area (Å²) in [4.78, 5) is 138. The van der Waals surface area contributed by atoms with E-state index in [-0.39, 0.29) is 118 Å². The van der Waals surface area contributed by atoms with E-state index >= 15 is 13.2 Å². The zero-order valence-electron chi connectivity index (χ0n) is 77.1. The maximum absolute atomic E-state index is 16.7. The van der Waals surface area contributed by atoms with E-state index in [0.717, 1.165) is 103 Å². The summed E-state index contributed by atoms with van der Waals surface area (Å²) in [6.45, 7) is 25.1. The predicted molar refractivity (Wildman–Crippen MR) is 485 cm³/mol. The number of methoxy groups -OCH3 is 2. The zero-order valence-corrected chi connectivity index (χ0v) is 78.0. The van der Waals surface area contributed by atoms with Crippen LogP contribution in [-0.2, 0) is 69.5 Å². The van der Waals surface area contributed by atoms with E-state index in [1.807, 2.05) is 83.7 Å². The summed E-state index contributed by atoms with van der Waals surface area (Å²) in [6.07, 6.45) is 11.2. The fraction of sp³-hybridized carbons (Fsp3) is 0.571. The topological polar surface area (TPSA) is 377 Å². The minimum absolute atomic E-state index is 0.0136. The molecule has 1 unspecified atom stereocenters. The highest BCUT2D eigenvalue weighted by Gasteiger charge is 2.60. The van der Waals surface area contributed by atoms with Crippen molar-refractivity contribution in [2.45, 2.75) is 264 Å². The van der Waals surface area contributed by atoms with Crippen LogP contribution in [0.4, 0.5) is 40.0 Å². The number of halogens is 3. The summed E-state index contributed by atoms with van der Waals surface area (Å²) < 4.78 is 87.1. The number of hydrogen-bond donors (Lipinski definition) is 6. The average Bonchev–Trinajstić information content (AvgIpc) is 1.72. The summed E-state index contributed by atoms with van der Waals surface area (Å²) in [5.74, 6) is -0.0686. The molecular weight excluding hydrogens is 1710 g/mol. The molecule has 10 aliphatic rings. The van der Waals surface area contributed by atoms with Crippen molar-refractivity contribution in [1.29, 1.82) is 0 Å². The van der Waals surface area contributed by atoms with Gasteiger partial charge in [-0.25, -0.2) is 28.6 Å². The molecule has 16 rings (SSSR count). The summed E-state index contributed by atoms with van der Waals surface area (Å²) in [6, 6.07) is 17.2. The number of imidazole rings is 1. The van der Waals surface area contributed by atoms with Gasteiger partial charge in [-0.3, -0.25) is 33.5 Å². The lowest BCUT2D eigenvalue weighted by molar-refractivity contribution is -0.165. The van der Waals surface area contributed by atoms with Gasteiger partial charge in [0.05, 0.1) is 91.2 Å². The Morgan fingerprint density at radius 2 is 1.46 bits per heavy atom. The van der Waals surface area contributed by atoms with Gasteiger partial charge in [0.15, 0.2) is 18.0 Å². The Labute approximate surface area is 765 Å². The van der Waals surface area contributed by atoms with Crippen molar-refractivity contribution in [3.63, 3.8) is 0 Å². The van der Waals surface area contributed by atoms with Gasteiger partial charge in [0.25, 0.3) is 5.92 Å². The number of aliphatic hydroxyl groups is 1. The minimum atomic E-state index is -3.27. The zero-order chi connectivity index (χ0) is 94.4. The van der Waals surface area contributed by atoms with Gasteiger partial charge in [-0.15, -0.1) is 11.3 Å². The smallest absolute Gasteiger partial charge is 0.407 e. The third-order valence-electron chi connectivity index (χ3n) is 27.0. The molecule has 2 bridgehead atoms. The highest BCUT2D eigenvalue weighted by molar-refractivity contribution is 7.15. The van der Waals surface area contributed by atoms with Gasteiger partial charge in [0, 0.05) is 71.6 Å². The molecule has 3 aromatic carbocycles. The van der Waals surface area contributed by atoms with Crippen LogP contribution in [0.25, 0.3) is 33.5 Å². The number of ether oxygens (including phenoxy) is 7. The lowest BCUT2D eigenvalue weighted by Gasteiger charge is -2.42. The number of allylic oxidation sites excluding steroid dienone is 2. The Balaban J connectivity index is 0.000000177. The molecule has 5 aliphatic carbocycles. The highest BCUT2D eigenvalue weighted by Crippen LogP contribution is 2.59. The molecule has 3 saturated carbocycles. The second-order valence-corrected chi connectivity index (χ2v) is 40.4. The van der Waals surface area contributed by atoms with Gasteiger partial charge in [-0.05, 0) is 212 Å². The number of anilines is 2. The quantitative estimate of drug-likeness (QED) is 0.0150. The first kappa shape index (κ1) is 96.3. The Morgan fingerprint density at radius 1 is 0.809 bits per heavy atom. The van der Waals surface area contributed by atoms with Crippen molar-refractivity contribution in [3.05, 3.63) is 134 Å². The molecule has 5 aliphatic heterocycles. The number of esters is 2. The van der Waals surface area contributed by atoms with Crippen molar-refractivity contribution < 1.29 is 94.9 Å². The SMILES string of the molecule is CC(C)C(=O)OCC1O[C@@H](n2ccc(N)nc2=O)[C@](C)(F)[C@@H]1OC(=O)C(C)C.CC1=CC[C@H](C(=O)N(c2cc(C#CC(C)(C)C)sc2C(=O)O)C2CCC(O)(CO[C@H]3CCOC3)CC2)CC1.COC(=O)N[C@H](C(=O)N1CC2(CC2)C[C@H]1c1ncc(-c2ccc3c(c2)C(F)(F)c2cc(-c4ccc5c(c4)CC([C@@H]4[C@H]6CC[C@H](C6)N4C(=O)[C@@H](NC(=O)OC)C(C)C)=N5)ccc2-3)[nH]1)C(C)C. The molecule has 3 aromatic heterocycles. The Morgan fingerprint density at radius 3 is 2.06 bits per heavy atom. The number of aromatic carboxylic acids is 1. The standard InChI is InChI=1S/C50H55F2N7O6.C30H41NO6S.C18H26FN3O6/c1-25(2)41(56-47(62)64-5)45(60)58-24-49(15-16-49)22-40(58)44-53-23-39(55-44)29-9-13-34-33-12-8-28(19-35(33)50(51,52)36(34)20-29)27-10-14-37-31(17-27)21-38(54-37)43-30-7-11-32(18-30)59(43)46(61)42(26(3)4)57-48(63)65-6;1-20-5-7-21(8-6-20)27(32)31(25-17-24(11-13-29(2,3)4)38-26(25)28(33)34)22-9-14-30(35,15-10-22)19-37-23-12-16-36-18-23;1-9(2)14(23)26-8-11-13(28-15(24)10(3)4)18(5,19)16(27-11)22-7-6-12(20)21-17(22)25/h8-10,12-14,17,19-20,23,25-26,30,32,40-43H,7,11,15-16,18,21-22,24H2,1-6H3,(H,53,55)(H,56,62)(H,57,63);5,17,21-23,35H,6-10,12,14-16,18-19H2,1-4H3,(H,33,34);6-7,9-11,13,16H,8H2,1-5H3,(H2,20,21,25)/t30-,32+,40-,41-,42-,43-;21-,22?,23-,30?;11?,13-,16-,18-/m001/s1. The van der Waals surface area contributed by atoms with Gasteiger partial charge in [-0.2, -0.15) is 13.8 Å². The molecule has 6 aromatic rings. The van der Waals surface area contributed by atoms with Crippen LogP contribution in [-0.4, -0.2) is 200 Å². The van der Waals surface area contributed by atoms with Crippen molar-refractivity contribution in [2.24, 2.45) is 51.3 Å². The molecule has 131 heavy (non-hydrogen) atoms. The molecule has 29 nitrogen and oxygen atoms in total. The minimum Gasteiger partial charge on any atom is -0.477 e. The fourth-order valence-corrected chi connectivity index (χ4v) is 20.3. The summed E-state index contributed by atoms with van der Waals surface area (Å²) in [5, 5.41) is 26.8. The number of aromatic amines is 1. The number of amides is 5. The number of hydrogen-bond acceptors (Lipinski definition) is 22. The number of carboxylic acid groups (broad SMARTS) is 1. The van der Waals surface area contributed by atoms with Crippen LogP contribution in [0.15, 0.2) is 101 Å². The number of alkyl halides is 3. The van der Waals surface area contributed by atoms with Crippen molar-refractivity contribution in [1.82, 2.24) is 40.0 Å². The molecule has 33 heteroatoms. The number of nitrogen functional groups attached to an aromatic ring is 1. The van der Waals surface area contributed by atoms with E-state index in [4.69, 9.17) is 48.9 Å².